The fraction of sp³-hybridized carbons (Fsp3) is 0. The number of nitriles is 1. The summed E-state index contributed by atoms with van der Waals surface area (Å²) >= 11 is 1.62. The van der Waals surface area contributed by atoms with E-state index in [2.05, 4.69) is 12.1 Å². The molecule has 96 valence electrons. The van der Waals surface area contributed by atoms with E-state index in [-0.39, 0.29) is 0 Å². The first kappa shape index (κ1) is 11.0. The van der Waals surface area contributed by atoms with Gasteiger partial charge in [0.25, 0.3) is 0 Å². The van der Waals surface area contributed by atoms with Gasteiger partial charge < -0.3 is 0 Å². The van der Waals surface area contributed by atoms with Gasteiger partial charge >= 0.3 is 0 Å². The lowest BCUT2D eigenvalue weighted by molar-refractivity contribution is 1.33. The molecule has 21 heavy (non-hydrogen) atoms. The molecular weight excluding hydrogens is 278 g/mol. The zero-order valence-corrected chi connectivity index (χ0v) is 11.6. The summed E-state index contributed by atoms with van der Waals surface area (Å²) in [5, 5.41) is 15.4. The van der Waals surface area contributed by atoms with Crippen molar-refractivity contribution in [2.45, 2.75) is 0 Å². The minimum atomic E-state index is 0.699. The molecule has 4 aromatic rings. The van der Waals surface area contributed by atoms with Gasteiger partial charge in [0.15, 0.2) is 0 Å². The van der Waals surface area contributed by atoms with Crippen LogP contribution in [0.15, 0.2) is 41.1 Å². The molecular formula is C17H7N3S. The molecule has 2 aromatic heterocycles. The van der Waals surface area contributed by atoms with Gasteiger partial charge in [-0.1, -0.05) is 24.3 Å². The fourth-order valence-electron chi connectivity index (χ4n) is 3.07. The van der Waals surface area contributed by atoms with Gasteiger partial charge in [-0.05, 0) is 6.07 Å². The highest BCUT2D eigenvalue weighted by Crippen LogP contribution is 2.46. The highest BCUT2D eigenvalue weighted by atomic mass is 32.1. The fourth-order valence-corrected chi connectivity index (χ4v) is 3.74. The lowest BCUT2D eigenvalue weighted by Crippen LogP contribution is -1.87. The van der Waals surface area contributed by atoms with Crippen LogP contribution in [0.5, 0.6) is 0 Å². The summed E-state index contributed by atoms with van der Waals surface area (Å²) in [6, 6.07) is 12.2. The largest absolute Gasteiger partial charge is 0.243 e. The molecule has 5 rings (SSSR count). The van der Waals surface area contributed by atoms with E-state index >= 15 is 0 Å². The van der Waals surface area contributed by atoms with Crippen molar-refractivity contribution in [1.29, 1.82) is 5.26 Å². The topological polar surface area (TPSA) is 49.6 Å². The Morgan fingerprint density at radius 3 is 2.33 bits per heavy atom. The number of fused-ring (bicyclic) bond motifs is 4. The van der Waals surface area contributed by atoms with E-state index in [1.165, 1.54) is 0 Å². The van der Waals surface area contributed by atoms with Crippen LogP contribution in [-0.2, 0) is 0 Å². The summed E-state index contributed by atoms with van der Waals surface area (Å²) < 4.78 is 0. The van der Waals surface area contributed by atoms with Crippen molar-refractivity contribution < 1.29 is 0 Å². The molecule has 3 nitrogen and oxygen atoms in total. The second-order valence-corrected chi connectivity index (χ2v) is 5.81. The van der Waals surface area contributed by atoms with E-state index in [0.717, 1.165) is 44.3 Å². The number of rotatable bonds is 0. The molecule has 0 atom stereocenters. The zero-order chi connectivity index (χ0) is 14.0. The molecule has 1 aliphatic carbocycles. The Kier molecular flexibility index (Phi) is 1.91. The first-order chi connectivity index (χ1) is 10.4. The number of benzene rings is 2. The molecule has 0 saturated carbocycles. The van der Waals surface area contributed by atoms with E-state index in [9.17, 15) is 5.26 Å². The lowest BCUT2D eigenvalue weighted by Gasteiger charge is -2.02. The highest BCUT2D eigenvalue weighted by Gasteiger charge is 2.25. The van der Waals surface area contributed by atoms with Gasteiger partial charge in [0, 0.05) is 32.7 Å². The van der Waals surface area contributed by atoms with Crippen LogP contribution in [0.1, 0.15) is 5.56 Å². The van der Waals surface area contributed by atoms with E-state index in [1.54, 1.807) is 11.3 Å². The molecule has 0 aliphatic heterocycles. The number of nitrogens with zero attached hydrogens (tertiary/aromatic N) is 3. The summed E-state index contributed by atoms with van der Waals surface area (Å²) in [5.74, 6) is 0. The molecule has 0 radical (unpaired) electrons. The first-order valence-electron chi connectivity index (χ1n) is 6.57. The highest BCUT2D eigenvalue weighted by molar-refractivity contribution is 7.09. The van der Waals surface area contributed by atoms with Crippen LogP contribution in [0.4, 0.5) is 0 Å². The Balaban J connectivity index is 2.02. The maximum Gasteiger partial charge on any atom is 0.100 e. The Morgan fingerprint density at radius 1 is 0.905 bits per heavy atom. The SMILES string of the molecule is N#Cc1ccc2c3c(cccc13)-c1nc3cscc3nc1-2. The van der Waals surface area contributed by atoms with Crippen LogP contribution in [-0.4, -0.2) is 9.97 Å². The summed E-state index contributed by atoms with van der Waals surface area (Å²) in [6.07, 6.45) is 0. The Bertz CT molecular complexity index is 1060. The summed E-state index contributed by atoms with van der Waals surface area (Å²) in [5.41, 5.74) is 6.58. The Hall–Kier alpha value is -2.77. The van der Waals surface area contributed by atoms with Crippen molar-refractivity contribution in [3.8, 4) is 28.6 Å². The number of hydrogen-bond acceptors (Lipinski definition) is 4. The minimum Gasteiger partial charge on any atom is -0.243 e. The molecule has 0 bridgehead atoms. The van der Waals surface area contributed by atoms with Crippen LogP contribution < -0.4 is 0 Å². The standard InChI is InChI=1S/C17H7N3S/c18-6-9-4-5-12-15-10(9)2-1-3-11(15)16-17(12)20-14-8-21-7-13(14)19-16/h1-5,7-8H. The maximum absolute atomic E-state index is 9.30. The normalized spacial score (nSPS) is 11.8. The van der Waals surface area contributed by atoms with Crippen LogP contribution in [0.25, 0.3) is 44.3 Å². The van der Waals surface area contributed by atoms with Crippen LogP contribution in [0.2, 0.25) is 0 Å². The number of aromatic nitrogens is 2. The summed E-state index contributed by atoms with van der Waals surface area (Å²) in [7, 11) is 0. The van der Waals surface area contributed by atoms with Crippen molar-refractivity contribution in [3.63, 3.8) is 0 Å². The average molecular weight is 285 g/mol. The molecule has 4 heteroatoms. The number of hydrogen-bond donors (Lipinski definition) is 0. The Morgan fingerprint density at radius 2 is 1.62 bits per heavy atom. The molecule has 1 aliphatic rings. The molecule has 2 heterocycles. The molecule has 0 amide bonds. The first-order valence-corrected chi connectivity index (χ1v) is 7.51. The van der Waals surface area contributed by atoms with Crippen molar-refractivity contribution in [3.05, 3.63) is 46.7 Å². The Labute approximate surface area is 124 Å². The quantitative estimate of drug-likeness (QED) is 0.424. The van der Waals surface area contributed by atoms with E-state index in [0.29, 0.717) is 5.56 Å². The molecule has 0 spiro atoms. The third-order valence-electron chi connectivity index (χ3n) is 3.98. The summed E-state index contributed by atoms with van der Waals surface area (Å²) in [6.45, 7) is 0. The molecule has 2 aromatic carbocycles. The van der Waals surface area contributed by atoms with Crippen molar-refractivity contribution in [2.75, 3.05) is 0 Å². The number of thiophene rings is 1. The third-order valence-corrected chi connectivity index (χ3v) is 4.70. The van der Waals surface area contributed by atoms with E-state index < -0.39 is 0 Å². The van der Waals surface area contributed by atoms with Gasteiger partial charge in [-0.2, -0.15) is 5.26 Å². The maximum atomic E-state index is 9.30. The third kappa shape index (κ3) is 1.26. The van der Waals surface area contributed by atoms with Crippen LogP contribution >= 0.6 is 11.3 Å². The predicted molar refractivity (Wildman–Crippen MR) is 84.1 cm³/mol. The van der Waals surface area contributed by atoms with Crippen molar-refractivity contribution >= 4 is 33.1 Å². The van der Waals surface area contributed by atoms with Gasteiger partial charge in [-0.15, -0.1) is 11.3 Å². The monoisotopic (exact) mass is 285 g/mol. The van der Waals surface area contributed by atoms with Crippen molar-refractivity contribution in [1.82, 2.24) is 9.97 Å². The minimum absolute atomic E-state index is 0.699. The zero-order valence-electron chi connectivity index (χ0n) is 10.8. The molecule has 0 unspecified atom stereocenters. The van der Waals surface area contributed by atoms with Gasteiger partial charge in [0.05, 0.1) is 23.0 Å². The van der Waals surface area contributed by atoms with Gasteiger partial charge in [0.1, 0.15) is 11.0 Å². The smallest absolute Gasteiger partial charge is 0.100 e. The van der Waals surface area contributed by atoms with Gasteiger partial charge in [-0.25, -0.2) is 9.97 Å². The molecule has 0 saturated heterocycles. The van der Waals surface area contributed by atoms with Crippen LogP contribution in [0, 0.1) is 11.3 Å². The summed E-state index contributed by atoms with van der Waals surface area (Å²) in [4.78, 5) is 9.55. The average Bonchev–Trinajstić information content (AvgIpc) is 3.10. The van der Waals surface area contributed by atoms with Crippen LogP contribution in [0.3, 0.4) is 0 Å². The molecule has 0 fully saturated rings. The second kappa shape index (κ2) is 3.66. The van der Waals surface area contributed by atoms with Gasteiger partial charge in [0.2, 0.25) is 0 Å². The van der Waals surface area contributed by atoms with Crippen molar-refractivity contribution in [2.24, 2.45) is 0 Å². The second-order valence-electron chi connectivity index (χ2n) is 5.06. The lowest BCUT2D eigenvalue weighted by atomic mass is 10.00. The van der Waals surface area contributed by atoms with E-state index in [4.69, 9.17) is 9.97 Å². The van der Waals surface area contributed by atoms with E-state index in [1.807, 2.05) is 35.0 Å². The molecule has 0 N–H and O–H groups in total. The van der Waals surface area contributed by atoms with Gasteiger partial charge in [-0.3, -0.25) is 0 Å². The predicted octanol–water partition coefficient (Wildman–Crippen LogP) is 4.36.